The lowest BCUT2D eigenvalue weighted by molar-refractivity contribution is 0.309. The molecule has 0 heterocycles. The lowest BCUT2D eigenvalue weighted by Gasteiger charge is -2.24. The maximum Gasteiger partial charge on any atom is 0.0245 e. The summed E-state index contributed by atoms with van der Waals surface area (Å²) >= 11 is 0. The molecule has 0 bridgehead atoms. The first-order chi connectivity index (χ1) is 8.28. The fourth-order valence-corrected chi connectivity index (χ4v) is 2.54. The van der Waals surface area contributed by atoms with Gasteiger partial charge in [0.25, 0.3) is 0 Å². The molecule has 0 unspecified atom stereocenters. The molecule has 1 saturated carbocycles. The Labute approximate surface area is 105 Å². The summed E-state index contributed by atoms with van der Waals surface area (Å²) in [4.78, 5) is 0. The van der Waals surface area contributed by atoms with Crippen molar-refractivity contribution in [3.63, 3.8) is 0 Å². The van der Waals surface area contributed by atoms with Crippen LogP contribution >= 0.6 is 0 Å². The van der Waals surface area contributed by atoms with Gasteiger partial charge in [0.2, 0.25) is 0 Å². The van der Waals surface area contributed by atoms with E-state index >= 15 is 0 Å². The van der Waals surface area contributed by atoms with Crippen molar-refractivity contribution >= 4 is 0 Å². The van der Waals surface area contributed by atoms with Gasteiger partial charge in [0.1, 0.15) is 0 Å². The van der Waals surface area contributed by atoms with Crippen LogP contribution < -0.4 is 0 Å². The summed E-state index contributed by atoms with van der Waals surface area (Å²) < 4.78 is 0. The van der Waals surface area contributed by atoms with Gasteiger partial charge in [0.15, 0.2) is 0 Å². The minimum absolute atomic E-state index is 0.638. The standard InChI is InChI=1S/C17H22/c1-3-15-8-10-17(11-9-15)13-12-16-6-4-14(2)5-7-16/h4-7,15,17H,3,8-11H2,1-2H3. The Morgan fingerprint density at radius 1 is 1.06 bits per heavy atom. The summed E-state index contributed by atoms with van der Waals surface area (Å²) in [6.45, 7) is 4.42. The van der Waals surface area contributed by atoms with E-state index < -0.39 is 0 Å². The Hall–Kier alpha value is -1.22. The van der Waals surface area contributed by atoms with Crippen LogP contribution in [0.2, 0.25) is 0 Å². The Morgan fingerprint density at radius 2 is 1.71 bits per heavy atom. The second-order valence-electron chi connectivity index (χ2n) is 5.26. The number of rotatable bonds is 1. The number of hydrogen-bond donors (Lipinski definition) is 0. The van der Waals surface area contributed by atoms with Crippen LogP contribution in [0.4, 0.5) is 0 Å². The second kappa shape index (κ2) is 5.92. The van der Waals surface area contributed by atoms with Crippen molar-refractivity contribution in [3.8, 4) is 11.8 Å². The lowest BCUT2D eigenvalue weighted by atomic mass is 9.81. The van der Waals surface area contributed by atoms with Crippen LogP contribution in [0.25, 0.3) is 0 Å². The maximum absolute atomic E-state index is 3.45. The van der Waals surface area contributed by atoms with Gasteiger partial charge in [0, 0.05) is 11.5 Å². The molecule has 17 heavy (non-hydrogen) atoms. The summed E-state index contributed by atoms with van der Waals surface area (Å²) in [5.41, 5.74) is 2.47. The lowest BCUT2D eigenvalue weighted by Crippen LogP contribution is -2.12. The van der Waals surface area contributed by atoms with Gasteiger partial charge >= 0.3 is 0 Å². The smallest absolute Gasteiger partial charge is 0.0245 e. The van der Waals surface area contributed by atoms with Gasteiger partial charge in [-0.05, 0) is 50.7 Å². The van der Waals surface area contributed by atoms with Gasteiger partial charge in [-0.2, -0.15) is 0 Å². The quantitative estimate of drug-likeness (QED) is 0.616. The molecule has 1 aromatic carbocycles. The van der Waals surface area contributed by atoms with Crippen molar-refractivity contribution in [2.45, 2.75) is 46.0 Å². The third-order valence-electron chi connectivity index (χ3n) is 3.90. The molecule has 2 rings (SSSR count). The van der Waals surface area contributed by atoms with E-state index in [2.05, 4.69) is 50.0 Å². The first kappa shape index (κ1) is 12.2. The van der Waals surface area contributed by atoms with E-state index in [0.717, 1.165) is 11.5 Å². The SMILES string of the molecule is CCC1CCC(C#Cc2ccc(C)cc2)CC1. The average Bonchev–Trinajstić information content (AvgIpc) is 2.39. The first-order valence-corrected chi connectivity index (χ1v) is 6.86. The molecule has 0 aromatic heterocycles. The highest BCUT2D eigenvalue weighted by Crippen LogP contribution is 2.30. The Kier molecular flexibility index (Phi) is 4.26. The van der Waals surface area contributed by atoms with E-state index in [1.54, 1.807) is 0 Å². The zero-order valence-electron chi connectivity index (χ0n) is 11.0. The molecule has 0 aliphatic heterocycles. The summed E-state index contributed by atoms with van der Waals surface area (Å²) in [7, 11) is 0. The maximum atomic E-state index is 3.45. The molecule has 0 amide bonds. The molecule has 1 aliphatic rings. The van der Waals surface area contributed by atoms with Crippen molar-refractivity contribution in [3.05, 3.63) is 35.4 Å². The molecule has 1 aromatic rings. The van der Waals surface area contributed by atoms with E-state index in [1.165, 1.54) is 37.7 Å². The summed E-state index contributed by atoms with van der Waals surface area (Å²) in [5, 5.41) is 0. The second-order valence-corrected chi connectivity index (χ2v) is 5.26. The van der Waals surface area contributed by atoms with Gasteiger partial charge in [0.05, 0.1) is 0 Å². The van der Waals surface area contributed by atoms with E-state index in [0.29, 0.717) is 5.92 Å². The average molecular weight is 226 g/mol. The highest BCUT2D eigenvalue weighted by Gasteiger charge is 2.17. The predicted octanol–water partition coefficient (Wildman–Crippen LogP) is 4.56. The van der Waals surface area contributed by atoms with E-state index in [1.807, 2.05) is 0 Å². The molecule has 0 heteroatoms. The molecular formula is C17H22. The Balaban J connectivity index is 1.92. The van der Waals surface area contributed by atoms with E-state index in [9.17, 15) is 0 Å². The molecular weight excluding hydrogens is 204 g/mol. The molecule has 0 N–H and O–H groups in total. The van der Waals surface area contributed by atoms with Gasteiger partial charge in [-0.25, -0.2) is 0 Å². The van der Waals surface area contributed by atoms with Crippen molar-refractivity contribution in [2.75, 3.05) is 0 Å². The molecule has 0 nitrogen and oxygen atoms in total. The zero-order valence-corrected chi connectivity index (χ0v) is 11.0. The van der Waals surface area contributed by atoms with Gasteiger partial charge in [-0.15, -0.1) is 0 Å². The van der Waals surface area contributed by atoms with Crippen molar-refractivity contribution in [1.82, 2.24) is 0 Å². The molecule has 1 aliphatic carbocycles. The van der Waals surface area contributed by atoms with Gasteiger partial charge < -0.3 is 0 Å². The molecule has 0 saturated heterocycles. The van der Waals surface area contributed by atoms with Crippen molar-refractivity contribution in [2.24, 2.45) is 11.8 Å². The van der Waals surface area contributed by atoms with Gasteiger partial charge in [-0.1, -0.05) is 42.9 Å². The monoisotopic (exact) mass is 226 g/mol. The van der Waals surface area contributed by atoms with Crippen LogP contribution in [0.1, 0.15) is 50.2 Å². The van der Waals surface area contributed by atoms with Crippen LogP contribution in [0, 0.1) is 30.6 Å². The van der Waals surface area contributed by atoms with Crippen molar-refractivity contribution < 1.29 is 0 Å². The van der Waals surface area contributed by atoms with Gasteiger partial charge in [-0.3, -0.25) is 0 Å². The van der Waals surface area contributed by atoms with E-state index in [-0.39, 0.29) is 0 Å². The fourth-order valence-electron chi connectivity index (χ4n) is 2.54. The largest absolute Gasteiger partial charge is 0.0945 e. The minimum atomic E-state index is 0.638. The Bertz CT molecular complexity index is 394. The minimum Gasteiger partial charge on any atom is -0.0945 e. The number of hydrogen-bond acceptors (Lipinski definition) is 0. The highest BCUT2D eigenvalue weighted by atomic mass is 14.2. The van der Waals surface area contributed by atoms with Crippen LogP contribution in [0.15, 0.2) is 24.3 Å². The zero-order chi connectivity index (χ0) is 12.1. The predicted molar refractivity (Wildman–Crippen MR) is 73.8 cm³/mol. The van der Waals surface area contributed by atoms with Crippen LogP contribution in [-0.4, -0.2) is 0 Å². The topological polar surface area (TPSA) is 0 Å². The summed E-state index contributed by atoms with van der Waals surface area (Å²) in [6.07, 6.45) is 6.71. The molecule has 1 fully saturated rings. The normalized spacial score (nSPS) is 23.9. The fraction of sp³-hybridized carbons (Fsp3) is 0.529. The Morgan fingerprint density at radius 3 is 2.29 bits per heavy atom. The van der Waals surface area contributed by atoms with Crippen LogP contribution in [0.5, 0.6) is 0 Å². The summed E-state index contributed by atoms with van der Waals surface area (Å²) in [6, 6.07) is 8.52. The third kappa shape index (κ3) is 3.63. The molecule has 0 spiro atoms. The van der Waals surface area contributed by atoms with Crippen molar-refractivity contribution in [1.29, 1.82) is 0 Å². The third-order valence-corrected chi connectivity index (χ3v) is 3.90. The van der Waals surface area contributed by atoms with Crippen LogP contribution in [-0.2, 0) is 0 Å². The molecule has 0 atom stereocenters. The first-order valence-electron chi connectivity index (χ1n) is 6.86. The molecule has 0 radical (unpaired) electrons. The number of benzene rings is 1. The number of aryl methyl sites for hydroxylation is 1. The highest BCUT2D eigenvalue weighted by molar-refractivity contribution is 5.36. The van der Waals surface area contributed by atoms with E-state index in [4.69, 9.17) is 0 Å². The summed E-state index contributed by atoms with van der Waals surface area (Å²) in [5.74, 6) is 8.38. The molecule has 90 valence electrons. The van der Waals surface area contributed by atoms with Crippen LogP contribution in [0.3, 0.4) is 0 Å².